The Bertz CT molecular complexity index is 1090. The second-order valence-electron chi connectivity index (χ2n) is 7.50. The maximum atomic E-state index is 12.7. The number of carbonyl (C=O) groups is 1. The number of nitro groups is 1. The van der Waals surface area contributed by atoms with Crippen molar-refractivity contribution in [2.45, 2.75) is 32.2 Å². The van der Waals surface area contributed by atoms with E-state index in [1.54, 1.807) is 36.1 Å². The third kappa shape index (κ3) is 3.58. The van der Waals surface area contributed by atoms with E-state index in [9.17, 15) is 14.9 Å². The number of carbonyl (C=O) groups excluding carboxylic acids is 1. The first-order valence-corrected chi connectivity index (χ1v) is 10.1. The minimum absolute atomic E-state index is 0.0583. The molecule has 9 nitrogen and oxygen atoms in total. The van der Waals surface area contributed by atoms with Crippen molar-refractivity contribution >= 4 is 17.2 Å². The molecule has 0 spiro atoms. The van der Waals surface area contributed by atoms with Gasteiger partial charge in [-0.2, -0.15) is 0 Å². The predicted molar refractivity (Wildman–Crippen MR) is 112 cm³/mol. The molecule has 156 valence electrons. The van der Waals surface area contributed by atoms with Crippen LogP contribution in [0.4, 0.5) is 11.4 Å². The van der Waals surface area contributed by atoms with E-state index in [0.717, 1.165) is 31.6 Å². The van der Waals surface area contributed by atoms with E-state index in [1.165, 1.54) is 12.3 Å². The average molecular weight is 408 g/mol. The van der Waals surface area contributed by atoms with Gasteiger partial charge in [0, 0.05) is 63.0 Å². The summed E-state index contributed by atoms with van der Waals surface area (Å²) in [4.78, 5) is 34.7. The molecule has 1 aliphatic rings. The zero-order chi connectivity index (χ0) is 21.3. The standard InChI is InChI=1S/C21H24N6O3/c1-3-19-22-9-12-26(19)16-5-4-10-25(14-16)17-7-6-15(13-18(17)27(29)30)20(28)21-23-8-11-24(21)2/h6-9,11-13,16H,3-5,10,14H2,1-2H3. The number of rotatable bonds is 6. The third-order valence-corrected chi connectivity index (χ3v) is 5.65. The average Bonchev–Trinajstić information content (AvgIpc) is 3.41. The van der Waals surface area contributed by atoms with Gasteiger partial charge in [-0.05, 0) is 25.0 Å². The summed E-state index contributed by atoms with van der Waals surface area (Å²) < 4.78 is 3.78. The van der Waals surface area contributed by atoms with Gasteiger partial charge in [0.2, 0.25) is 5.78 Å². The quantitative estimate of drug-likeness (QED) is 0.353. The first kappa shape index (κ1) is 19.8. The second kappa shape index (κ2) is 8.10. The Kier molecular flexibility index (Phi) is 5.35. The Hall–Kier alpha value is -3.49. The number of hydrogen-bond acceptors (Lipinski definition) is 6. The van der Waals surface area contributed by atoms with Gasteiger partial charge in [-0.15, -0.1) is 0 Å². The highest BCUT2D eigenvalue weighted by molar-refractivity contribution is 6.07. The van der Waals surface area contributed by atoms with E-state index in [2.05, 4.69) is 21.5 Å². The van der Waals surface area contributed by atoms with Crippen molar-refractivity contribution < 1.29 is 9.72 Å². The number of benzene rings is 1. The summed E-state index contributed by atoms with van der Waals surface area (Å²) in [6, 6.07) is 4.91. The first-order valence-electron chi connectivity index (χ1n) is 10.1. The van der Waals surface area contributed by atoms with Gasteiger partial charge in [0.25, 0.3) is 5.69 Å². The minimum Gasteiger partial charge on any atom is -0.364 e. The molecule has 0 saturated carbocycles. The molecule has 0 radical (unpaired) electrons. The number of nitrogens with zero attached hydrogens (tertiary/aromatic N) is 6. The third-order valence-electron chi connectivity index (χ3n) is 5.65. The van der Waals surface area contributed by atoms with Crippen LogP contribution in [-0.4, -0.2) is 42.9 Å². The van der Waals surface area contributed by atoms with Crippen LogP contribution in [0.2, 0.25) is 0 Å². The Morgan fingerprint density at radius 3 is 2.77 bits per heavy atom. The van der Waals surface area contributed by atoms with Crippen molar-refractivity contribution in [1.29, 1.82) is 0 Å². The SMILES string of the molecule is CCc1nccn1C1CCCN(c2ccc(C(=O)c3nccn3C)cc2[N+](=O)[O-])C1. The summed E-state index contributed by atoms with van der Waals surface area (Å²) >= 11 is 0. The maximum Gasteiger partial charge on any atom is 0.293 e. The van der Waals surface area contributed by atoms with Gasteiger partial charge in [-0.1, -0.05) is 6.92 Å². The smallest absolute Gasteiger partial charge is 0.293 e. The van der Waals surface area contributed by atoms with E-state index in [4.69, 9.17) is 0 Å². The summed E-state index contributed by atoms with van der Waals surface area (Å²) in [6.45, 7) is 3.47. The van der Waals surface area contributed by atoms with Crippen LogP contribution in [-0.2, 0) is 13.5 Å². The molecular weight excluding hydrogens is 384 g/mol. The number of ketones is 1. The molecule has 1 aliphatic heterocycles. The van der Waals surface area contributed by atoms with E-state index in [-0.39, 0.29) is 28.9 Å². The highest BCUT2D eigenvalue weighted by atomic mass is 16.6. The lowest BCUT2D eigenvalue weighted by atomic mass is 10.0. The molecule has 1 unspecified atom stereocenters. The number of imidazole rings is 2. The van der Waals surface area contributed by atoms with Crippen LogP contribution in [0.1, 0.15) is 47.8 Å². The van der Waals surface area contributed by atoms with Crippen molar-refractivity contribution in [2.75, 3.05) is 18.0 Å². The lowest BCUT2D eigenvalue weighted by molar-refractivity contribution is -0.384. The van der Waals surface area contributed by atoms with Crippen LogP contribution in [0.25, 0.3) is 0 Å². The first-order chi connectivity index (χ1) is 14.5. The van der Waals surface area contributed by atoms with Crippen LogP contribution in [0.5, 0.6) is 0 Å². The minimum atomic E-state index is -0.414. The lowest BCUT2D eigenvalue weighted by Gasteiger charge is -2.35. The van der Waals surface area contributed by atoms with Crippen molar-refractivity contribution in [2.24, 2.45) is 7.05 Å². The van der Waals surface area contributed by atoms with Gasteiger partial charge in [0.05, 0.1) is 11.0 Å². The predicted octanol–water partition coefficient (Wildman–Crippen LogP) is 3.16. The molecule has 1 atom stereocenters. The molecule has 0 aliphatic carbocycles. The second-order valence-corrected chi connectivity index (χ2v) is 7.50. The lowest BCUT2D eigenvalue weighted by Crippen LogP contribution is -2.37. The van der Waals surface area contributed by atoms with Crippen LogP contribution in [0, 0.1) is 10.1 Å². The monoisotopic (exact) mass is 408 g/mol. The molecule has 4 rings (SSSR count). The highest BCUT2D eigenvalue weighted by Crippen LogP contribution is 2.34. The molecule has 3 heterocycles. The van der Waals surface area contributed by atoms with Gasteiger partial charge in [-0.3, -0.25) is 14.9 Å². The summed E-state index contributed by atoms with van der Waals surface area (Å²) in [5, 5.41) is 11.8. The zero-order valence-electron chi connectivity index (χ0n) is 17.1. The number of piperidine rings is 1. The Morgan fingerprint density at radius 1 is 1.27 bits per heavy atom. The van der Waals surface area contributed by atoms with E-state index in [0.29, 0.717) is 12.2 Å². The molecule has 1 fully saturated rings. The highest BCUT2D eigenvalue weighted by Gasteiger charge is 2.28. The molecule has 1 saturated heterocycles. The maximum absolute atomic E-state index is 12.7. The van der Waals surface area contributed by atoms with Gasteiger partial charge in [0.1, 0.15) is 11.5 Å². The van der Waals surface area contributed by atoms with Gasteiger partial charge >= 0.3 is 0 Å². The summed E-state index contributed by atoms with van der Waals surface area (Å²) in [5.41, 5.74) is 0.743. The summed E-state index contributed by atoms with van der Waals surface area (Å²) in [5.74, 6) is 0.939. The number of aromatic nitrogens is 4. The number of aryl methyl sites for hydroxylation is 2. The van der Waals surface area contributed by atoms with Crippen molar-refractivity contribution in [3.63, 3.8) is 0 Å². The van der Waals surface area contributed by atoms with Crippen molar-refractivity contribution in [3.05, 3.63) is 70.3 Å². The Balaban J connectivity index is 1.64. The molecule has 2 aromatic heterocycles. The zero-order valence-corrected chi connectivity index (χ0v) is 17.1. The van der Waals surface area contributed by atoms with Crippen molar-refractivity contribution in [1.82, 2.24) is 19.1 Å². The molecule has 0 amide bonds. The Morgan fingerprint density at radius 2 is 2.07 bits per heavy atom. The molecular formula is C21H24N6O3. The van der Waals surface area contributed by atoms with Crippen LogP contribution >= 0.6 is 0 Å². The summed E-state index contributed by atoms with van der Waals surface area (Å²) in [6.07, 6.45) is 9.76. The van der Waals surface area contributed by atoms with Crippen LogP contribution in [0.3, 0.4) is 0 Å². The van der Waals surface area contributed by atoms with Gasteiger partial charge in [0.15, 0.2) is 5.82 Å². The fourth-order valence-corrected chi connectivity index (χ4v) is 4.14. The number of anilines is 1. The van der Waals surface area contributed by atoms with E-state index in [1.807, 2.05) is 11.1 Å². The van der Waals surface area contributed by atoms with Crippen LogP contribution < -0.4 is 4.90 Å². The number of hydrogen-bond donors (Lipinski definition) is 0. The van der Waals surface area contributed by atoms with Crippen LogP contribution in [0.15, 0.2) is 43.0 Å². The molecule has 1 aromatic carbocycles. The van der Waals surface area contributed by atoms with Gasteiger partial charge in [-0.25, -0.2) is 9.97 Å². The molecule has 9 heteroatoms. The normalized spacial score (nSPS) is 16.6. The van der Waals surface area contributed by atoms with Crippen molar-refractivity contribution in [3.8, 4) is 0 Å². The largest absolute Gasteiger partial charge is 0.364 e. The molecule has 30 heavy (non-hydrogen) atoms. The van der Waals surface area contributed by atoms with Gasteiger partial charge < -0.3 is 14.0 Å². The fraction of sp³-hybridized carbons (Fsp3) is 0.381. The van der Waals surface area contributed by atoms with E-state index < -0.39 is 4.92 Å². The molecule has 0 bridgehead atoms. The fourth-order valence-electron chi connectivity index (χ4n) is 4.14. The topological polar surface area (TPSA) is 99.1 Å². The molecule has 0 N–H and O–H groups in total. The van der Waals surface area contributed by atoms with E-state index >= 15 is 0 Å². The summed E-state index contributed by atoms with van der Waals surface area (Å²) in [7, 11) is 1.72. The number of nitro benzene ring substituents is 1. The molecule has 3 aromatic rings. The Labute approximate surface area is 174 Å².